The summed E-state index contributed by atoms with van der Waals surface area (Å²) < 4.78 is 5.26. The van der Waals surface area contributed by atoms with Crippen molar-refractivity contribution in [2.75, 3.05) is 0 Å². The van der Waals surface area contributed by atoms with Gasteiger partial charge in [0.1, 0.15) is 34.5 Å². The Hall–Kier alpha value is -3.19. The summed E-state index contributed by atoms with van der Waals surface area (Å²) in [5, 5.41) is 37.5. The van der Waals surface area contributed by atoms with Crippen LogP contribution in [-0.4, -0.2) is 20.6 Å². The average Bonchev–Trinajstić information content (AvgIpc) is 2.48. The normalized spacial score (nSPS) is 10.8. The summed E-state index contributed by atoms with van der Waals surface area (Å²) in [4.78, 5) is 16.5. The van der Waals surface area contributed by atoms with Gasteiger partial charge in [0, 0.05) is 23.8 Å². The van der Waals surface area contributed by atoms with Crippen molar-refractivity contribution < 1.29 is 29.9 Å². The van der Waals surface area contributed by atoms with Crippen LogP contribution in [0.15, 0.2) is 45.8 Å². The second-order valence-corrected chi connectivity index (χ2v) is 4.59. The Morgan fingerprint density at radius 3 is 2.41 bits per heavy atom. The Morgan fingerprint density at radius 2 is 1.73 bits per heavy atom. The van der Waals surface area contributed by atoms with E-state index in [9.17, 15) is 20.1 Å². The smallest absolute Gasteiger partial charge is 0.204 e. The number of hydrogen-bond donors (Lipinski definition) is 4. The van der Waals surface area contributed by atoms with Gasteiger partial charge in [-0.25, -0.2) is 5.26 Å². The molecule has 3 aromatic rings. The van der Waals surface area contributed by atoms with Gasteiger partial charge in [-0.1, -0.05) is 0 Å². The molecule has 3 rings (SSSR count). The van der Waals surface area contributed by atoms with Gasteiger partial charge in [0.25, 0.3) is 0 Å². The van der Waals surface area contributed by atoms with Crippen LogP contribution in [-0.2, 0) is 0 Å². The zero-order chi connectivity index (χ0) is 15.9. The van der Waals surface area contributed by atoms with Crippen LogP contribution in [0, 0.1) is 0 Å². The summed E-state index contributed by atoms with van der Waals surface area (Å²) in [6, 6.07) is 6.03. The van der Waals surface area contributed by atoms with Crippen molar-refractivity contribution in [3.63, 3.8) is 0 Å². The van der Waals surface area contributed by atoms with E-state index < -0.39 is 11.2 Å². The summed E-state index contributed by atoms with van der Waals surface area (Å²) in [6.45, 7) is 0. The Morgan fingerprint density at radius 1 is 0.955 bits per heavy atom. The molecule has 22 heavy (non-hydrogen) atoms. The number of rotatable bonds is 2. The predicted molar refractivity (Wildman–Crippen MR) is 76.2 cm³/mol. The summed E-state index contributed by atoms with van der Waals surface area (Å²) >= 11 is 0. The summed E-state index contributed by atoms with van der Waals surface area (Å²) in [5.41, 5.74) is -0.409. The third-order valence-corrected chi connectivity index (χ3v) is 3.21. The molecule has 0 amide bonds. The first-order valence-electron chi connectivity index (χ1n) is 6.13. The van der Waals surface area contributed by atoms with Gasteiger partial charge in [-0.15, -0.1) is 0 Å². The summed E-state index contributed by atoms with van der Waals surface area (Å²) in [6.07, 6.45) is 1.11. The fourth-order valence-corrected chi connectivity index (χ4v) is 2.19. The Kier molecular flexibility index (Phi) is 3.11. The molecule has 0 atom stereocenters. The van der Waals surface area contributed by atoms with E-state index in [1.54, 1.807) is 0 Å². The zero-order valence-electron chi connectivity index (χ0n) is 11.0. The number of benzene rings is 2. The van der Waals surface area contributed by atoms with Crippen LogP contribution >= 0.6 is 0 Å². The largest absolute Gasteiger partial charge is 0.508 e. The highest BCUT2D eigenvalue weighted by Crippen LogP contribution is 2.34. The molecule has 0 saturated heterocycles. The van der Waals surface area contributed by atoms with E-state index in [0.29, 0.717) is 0 Å². The summed E-state index contributed by atoms with van der Waals surface area (Å²) in [5.74, 6) is -0.982. The van der Waals surface area contributed by atoms with E-state index in [0.717, 1.165) is 18.4 Å². The Balaban J connectivity index is 2.31. The maximum absolute atomic E-state index is 12.5. The van der Waals surface area contributed by atoms with Gasteiger partial charge in [0.15, 0.2) is 5.75 Å². The molecule has 0 spiro atoms. The van der Waals surface area contributed by atoms with Gasteiger partial charge in [0.05, 0.1) is 5.56 Å². The lowest BCUT2D eigenvalue weighted by atomic mass is 10.0. The number of fused-ring (bicyclic) bond motifs is 1. The van der Waals surface area contributed by atoms with Crippen molar-refractivity contribution in [2.45, 2.75) is 0 Å². The van der Waals surface area contributed by atoms with Crippen LogP contribution in [0.1, 0.15) is 0 Å². The molecule has 1 heterocycles. The maximum Gasteiger partial charge on any atom is 0.204 e. The number of aromatic hydroxyl groups is 3. The van der Waals surface area contributed by atoms with Gasteiger partial charge in [0.2, 0.25) is 5.43 Å². The predicted octanol–water partition coefficient (Wildman–Crippen LogP) is 2.43. The van der Waals surface area contributed by atoms with Gasteiger partial charge in [-0.2, -0.15) is 0 Å². The van der Waals surface area contributed by atoms with Crippen molar-refractivity contribution in [1.29, 1.82) is 0 Å². The number of hydrogen-bond acceptors (Lipinski definition) is 7. The molecule has 0 saturated carbocycles. The molecular weight excluding hydrogens is 292 g/mol. The molecule has 0 aliphatic heterocycles. The average molecular weight is 302 g/mol. The van der Waals surface area contributed by atoms with E-state index in [1.807, 2.05) is 0 Å². The lowest BCUT2D eigenvalue weighted by molar-refractivity contribution is -0.137. The molecule has 7 nitrogen and oxygen atoms in total. The number of phenolic OH excluding ortho intramolecular Hbond substituents is 3. The standard InChI is InChI=1S/C15H10O7/c16-7-1-2-9(11(17)3-7)10-6-21-13-5-8(22-20)4-12(18)14(13)15(10)19/h1-6,16-18,20H. The Labute approximate surface area is 122 Å². The molecule has 0 fully saturated rings. The van der Waals surface area contributed by atoms with Crippen LogP contribution < -0.4 is 10.3 Å². The highest BCUT2D eigenvalue weighted by atomic mass is 17.1. The fourth-order valence-electron chi connectivity index (χ4n) is 2.19. The van der Waals surface area contributed by atoms with Gasteiger partial charge >= 0.3 is 0 Å². The highest BCUT2D eigenvalue weighted by Gasteiger charge is 2.16. The molecule has 0 bridgehead atoms. The minimum Gasteiger partial charge on any atom is -0.508 e. The van der Waals surface area contributed by atoms with Crippen molar-refractivity contribution in [3.8, 4) is 34.1 Å². The van der Waals surface area contributed by atoms with Crippen molar-refractivity contribution in [1.82, 2.24) is 0 Å². The molecule has 0 radical (unpaired) electrons. The van der Waals surface area contributed by atoms with E-state index in [-0.39, 0.29) is 39.3 Å². The molecule has 0 unspecified atom stereocenters. The van der Waals surface area contributed by atoms with Crippen LogP contribution in [0.25, 0.3) is 22.1 Å². The molecule has 0 aliphatic carbocycles. The molecule has 0 aliphatic rings. The van der Waals surface area contributed by atoms with Gasteiger partial charge in [-0.05, 0) is 12.1 Å². The topological polar surface area (TPSA) is 120 Å². The molecule has 1 aromatic heterocycles. The minimum atomic E-state index is -0.579. The third-order valence-electron chi connectivity index (χ3n) is 3.21. The quantitative estimate of drug-likeness (QED) is 0.424. The first kappa shape index (κ1) is 13.8. The van der Waals surface area contributed by atoms with E-state index >= 15 is 0 Å². The molecule has 7 heteroatoms. The van der Waals surface area contributed by atoms with Crippen LogP contribution in [0.3, 0.4) is 0 Å². The first-order chi connectivity index (χ1) is 10.5. The van der Waals surface area contributed by atoms with E-state index in [2.05, 4.69) is 4.89 Å². The van der Waals surface area contributed by atoms with Crippen LogP contribution in [0.2, 0.25) is 0 Å². The minimum absolute atomic E-state index is 0.0102. The van der Waals surface area contributed by atoms with Crippen molar-refractivity contribution >= 4 is 11.0 Å². The van der Waals surface area contributed by atoms with Crippen LogP contribution in [0.5, 0.6) is 23.0 Å². The van der Waals surface area contributed by atoms with Gasteiger partial charge in [-0.3, -0.25) is 4.79 Å². The van der Waals surface area contributed by atoms with Crippen molar-refractivity contribution in [2.24, 2.45) is 0 Å². The highest BCUT2D eigenvalue weighted by molar-refractivity contribution is 5.88. The zero-order valence-corrected chi connectivity index (χ0v) is 11.0. The SMILES string of the molecule is O=c1c(-c2ccc(O)cc2O)coc2cc(OO)cc(O)c12. The molecule has 112 valence electrons. The van der Waals surface area contributed by atoms with Crippen LogP contribution in [0.4, 0.5) is 0 Å². The van der Waals surface area contributed by atoms with Crippen molar-refractivity contribution in [3.05, 3.63) is 46.8 Å². The molecule has 2 aromatic carbocycles. The maximum atomic E-state index is 12.5. The first-order valence-corrected chi connectivity index (χ1v) is 6.13. The summed E-state index contributed by atoms with van der Waals surface area (Å²) in [7, 11) is 0. The fraction of sp³-hybridized carbons (Fsp3) is 0. The lowest BCUT2D eigenvalue weighted by Crippen LogP contribution is -2.05. The van der Waals surface area contributed by atoms with E-state index in [1.165, 1.54) is 18.2 Å². The number of phenols is 3. The lowest BCUT2D eigenvalue weighted by Gasteiger charge is -2.07. The second-order valence-electron chi connectivity index (χ2n) is 4.59. The van der Waals surface area contributed by atoms with Gasteiger partial charge < -0.3 is 24.6 Å². The molecular formula is C15H10O7. The second kappa shape index (κ2) is 4.97. The monoisotopic (exact) mass is 302 g/mol. The van der Waals surface area contributed by atoms with E-state index in [4.69, 9.17) is 9.67 Å². The third kappa shape index (κ3) is 2.09. The molecule has 4 N–H and O–H groups in total. The Bertz CT molecular complexity index is 927.